The Morgan fingerprint density at radius 3 is 2.60 bits per heavy atom. The number of ether oxygens (including phenoxy) is 1. The van der Waals surface area contributed by atoms with Crippen LogP contribution < -0.4 is 15.4 Å². The van der Waals surface area contributed by atoms with Gasteiger partial charge < -0.3 is 15.4 Å². The lowest BCUT2D eigenvalue weighted by molar-refractivity contribution is 0.1000. The smallest absolute Gasteiger partial charge is 0.248 e. The molecule has 0 spiro atoms. The monoisotopic (exact) mass is 444 g/mol. The molecule has 3 aromatic rings. The minimum Gasteiger partial charge on any atom is -0.491 e. The Hall–Kier alpha value is -2.45. The number of amides is 1. The molecule has 0 unspecified atom stereocenters. The van der Waals surface area contributed by atoms with E-state index >= 15 is 0 Å². The number of rotatable bonds is 9. The molecule has 2 heterocycles. The average Bonchev–Trinajstić information content (AvgIpc) is 3.30. The molecule has 3 rings (SSSR count). The highest BCUT2D eigenvalue weighted by Gasteiger charge is 2.17. The van der Waals surface area contributed by atoms with Gasteiger partial charge in [0.1, 0.15) is 5.75 Å². The maximum Gasteiger partial charge on any atom is 0.248 e. The molecule has 8 heteroatoms. The van der Waals surface area contributed by atoms with Gasteiger partial charge in [-0.3, -0.25) is 4.79 Å². The largest absolute Gasteiger partial charge is 0.491 e. The van der Waals surface area contributed by atoms with Crippen molar-refractivity contribution in [2.45, 2.75) is 47.1 Å². The third-order valence-corrected chi connectivity index (χ3v) is 6.74. The third-order valence-electron chi connectivity index (χ3n) is 4.65. The van der Waals surface area contributed by atoms with Crippen molar-refractivity contribution in [3.05, 3.63) is 45.4 Å². The number of thiazole rings is 2. The van der Waals surface area contributed by atoms with Gasteiger partial charge in [-0.05, 0) is 52.8 Å². The highest BCUT2D eigenvalue weighted by molar-refractivity contribution is 7.19. The number of primary amides is 1. The number of carbonyl (C=O) groups is 1. The number of aromatic nitrogens is 2. The SMILES string of the molecule is CCN(CC)c1nc(C)c(-c2csc(Cc3cc(C(N)=O)ccc3OC(C)C)n2)s1. The van der Waals surface area contributed by atoms with E-state index in [1.165, 1.54) is 0 Å². The van der Waals surface area contributed by atoms with Gasteiger partial charge in [0.2, 0.25) is 5.91 Å². The van der Waals surface area contributed by atoms with Crippen LogP contribution in [0.1, 0.15) is 54.3 Å². The van der Waals surface area contributed by atoms with Crippen molar-refractivity contribution in [3.63, 3.8) is 0 Å². The van der Waals surface area contributed by atoms with Crippen LogP contribution in [0.25, 0.3) is 10.6 Å². The second-order valence-corrected chi connectivity index (χ2v) is 9.16. The standard InChI is InChI=1S/C22H28N4O2S2/c1-6-26(7-2)22-24-14(5)20(30-22)17-12-29-19(25-17)11-16-10-15(21(23)27)8-9-18(16)28-13(3)4/h8-10,12-13H,6-7,11H2,1-5H3,(H2,23,27). The van der Waals surface area contributed by atoms with Gasteiger partial charge in [0.05, 0.1) is 27.4 Å². The zero-order valence-electron chi connectivity index (χ0n) is 18.1. The molecule has 0 radical (unpaired) electrons. The minimum atomic E-state index is -0.448. The number of hydrogen-bond donors (Lipinski definition) is 1. The Kier molecular flexibility index (Phi) is 7.10. The minimum absolute atomic E-state index is 0.0355. The molecule has 160 valence electrons. The van der Waals surface area contributed by atoms with Crippen LogP contribution in [0.5, 0.6) is 5.75 Å². The van der Waals surface area contributed by atoms with Crippen LogP contribution in [-0.4, -0.2) is 35.1 Å². The van der Waals surface area contributed by atoms with Crippen LogP contribution in [0.4, 0.5) is 5.13 Å². The van der Waals surface area contributed by atoms with Crippen molar-refractivity contribution < 1.29 is 9.53 Å². The summed E-state index contributed by atoms with van der Waals surface area (Å²) in [4.78, 5) is 24.6. The normalized spacial score (nSPS) is 11.1. The summed E-state index contributed by atoms with van der Waals surface area (Å²) in [5.74, 6) is 0.306. The molecule has 0 atom stereocenters. The van der Waals surface area contributed by atoms with Gasteiger partial charge in [0.25, 0.3) is 0 Å². The molecule has 0 aliphatic heterocycles. The fraction of sp³-hybridized carbons (Fsp3) is 0.409. The maximum absolute atomic E-state index is 11.6. The maximum atomic E-state index is 11.6. The fourth-order valence-corrected chi connectivity index (χ4v) is 5.19. The molecule has 2 aromatic heterocycles. The van der Waals surface area contributed by atoms with Crippen LogP contribution in [0, 0.1) is 6.92 Å². The van der Waals surface area contributed by atoms with Gasteiger partial charge in [0.15, 0.2) is 5.13 Å². The number of benzene rings is 1. The summed E-state index contributed by atoms with van der Waals surface area (Å²) in [5.41, 5.74) is 8.80. The molecule has 0 fully saturated rings. The van der Waals surface area contributed by atoms with Crippen LogP contribution in [0.2, 0.25) is 0 Å². The number of nitrogens with two attached hydrogens (primary N) is 1. The Balaban J connectivity index is 1.89. The van der Waals surface area contributed by atoms with E-state index in [0.717, 1.165) is 50.8 Å². The van der Waals surface area contributed by atoms with Crippen molar-refractivity contribution in [2.75, 3.05) is 18.0 Å². The Labute approximate surface area is 185 Å². The van der Waals surface area contributed by atoms with Crippen LogP contribution in [0.15, 0.2) is 23.6 Å². The molecule has 0 bridgehead atoms. The lowest BCUT2D eigenvalue weighted by Crippen LogP contribution is -2.21. The van der Waals surface area contributed by atoms with Gasteiger partial charge in [-0.1, -0.05) is 11.3 Å². The summed E-state index contributed by atoms with van der Waals surface area (Å²) in [6.07, 6.45) is 0.614. The van der Waals surface area contributed by atoms with Crippen molar-refractivity contribution in [3.8, 4) is 16.3 Å². The molecule has 0 saturated carbocycles. The van der Waals surface area contributed by atoms with E-state index in [9.17, 15) is 4.79 Å². The van der Waals surface area contributed by atoms with E-state index in [2.05, 4.69) is 24.1 Å². The van der Waals surface area contributed by atoms with Gasteiger partial charge in [-0.25, -0.2) is 9.97 Å². The molecular weight excluding hydrogens is 416 g/mol. The third kappa shape index (κ3) is 4.99. The first kappa shape index (κ1) is 22.2. The zero-order chi connectivity index (χ0) is 21.8. The molecule has 1 amide bonds. The summed E-state index contributed by atoms with van der Waals surface area (Å²) in [6, 6.07) is 5.32. The van der Waals surface area contributed by atoms with Crippen molar-refractivity contribution in [1.29, 1.82) is 0 Å². The second kappa shape index (κ2) is 9.57. The fourth-order valence-electron chi connectivity index (χ4n) is 3.15. The molecular formula is C22H28N4O2S2. The van der Waals surface area contributed by atoms with Crippen LogP contribution in [0.3, 0.4) is 0 Å². The number of hydrogen-bond acceptors (Lipinski definition) is 7. The van der Waals surface area contributed by atoms with Crippen molar-refractivity contribution in [2.24, 2.45) is 5.73 Å². The van der Waals surface area contributed by atoms with E-state index in [4.69, 9.17) is 20.4 Å². The highest BCUT2D eigenvalue weighted by Crippen LogP contribution is 2.36. The summed E-state index contributed by atoms with van der Waals surface area (Å²) in [7, 11) is 0. The van der Waals surface area contributed by atoms with Gasteiger partial charge >= 0.3 is 0 Å². The highest BCUT2D eigenvalue weighted by atomic mass is 32.1. The molecule has 6 nitrogen and oxygen atoms in total. The second-order valence-electron chi connectivity index (χ2n) is 7.24. The predicted octanol–water partition coefficient (Wildman–Crippen LogP) is 4.90. The first-order chi connectivity index (χ1) is 14.3. The average molecular weight is 445 g/mol. The van der Waals surface area contributed by atoms with E-state index in [0.29, 0.717) is 12.0 Å². The lowest BCUT2D eigenvalue weighted by Gasteiger charge is -2.16. The number of aryl methyl sites for hydroxylation is 1. The Morgan fingerprint density at radius 2 is 1.97 bits per heavy atom. The van der Waals surface area contributed by atoms with E-state index in [1.807, 2.05) is 26.8 Å². The first-order valence-corrected chi connectivity index (χ1v) is 11.8. The summed E-state index contributed by atoms with van der Waals surface area (Å²) < 4.78 is 5.93. The number of carbonyl (C=O) groups excluding carboxylic acids is 1. The quantitative estimate of drug-likeness (QED) is 0.508. The number of anilines is 1. The molecule has 2 N–H and O–H groups in total. The molecule has 0 saturated heterocycles. The number of nitrogens with zero attached hydrogens (tertiary/aromatic N) is 3. The van der Waals surface area contributed by atoms with E-state index in [-0.39, 0.29) is 6.10 Å². The molecule has 30 heavy (non-hydrogen) atoms. The van der Waals surface area contributed by atoms with Crippen LogP contribution >= 0.6 is 22.7 Å². The van der Waals surface area contributed by atoms with Gasteiger partial charge in [-0.2, -0.15) is 0 Å². The van der Waals surface area contributed by atoms with Crippen molar-refractivity contribution >= 4 is 33.7 Å². The van der Waals surface area contributed by atoms with Gasteiger partial charge in [-0.15, -0.1) is 11.3 Å². The first-order valence-electron chi connectivity index (χ1n) is 10.1. The summed E-state index contributed by atoms with van der Waals surface area (Å²) >= 11 is 3.28. The Morgan fingerprint density at radius 1 is 1.23 bits per heavy atom. The Bertz CT molecular complexity index is 1020. The topological polar surface area (TPSA) is 81.3 Å². The zero-order valence-corrected chi connectivity index (χ0v) is 19.7. The van der Waals surface area contributed by atoms with E-state index < -0.39 is 5.91 Å². The van der Waals surface area contributed by atoms with E-state index in [1.54, 1.807) is 34.8 Å². The molecule has 0 aliphatic carbocycles. The lowest BCUT2D eigenvalue weighted by atomic mass is 10.1. The summed E-state index contributed by atoms with van der Waals surface area (Å²) in [6.45, 7) is 12.1. The molecule has 1 aromatic carbocycles. The summed E-state index contributed by atoms with van der Waals surface area (Å²) in [5, 5.41) is 4.06. The van der Waals surface area contributed by atoms with Crippen molar-refractivity contribution in [1.82, 2.24) is 9.97 Å². The van der Waals surface area contributed by atoms with Crippen LogP contribution in [-0.2, 0) is 6.42 Å². The predicted molar refractivity (Wildman–Crippen MR) is 125 cm³/mol. The van der Waals surface area contributed by atoms with Gasteiger partial charge in [0, 0.05) is 36.0 Å². The molecule has 0 aliphatic rings.